The van der Waals surface area contributed by atoms with Gasteiger partial charge in [0.15, 0.2) is 0 Å². The maximum absolute atomic E-state index is 10.7. The average Bonchev–Trinajstić information content (AvgIpc) is 2.05. The number of hydrogen-bond acceptors (Lipinski definition) is 5. The summed E-state index contributed by atoms with van der Waals surface area (Å²) in [5, 5.41) is 0. The summed E-state index contributed by atoms with van der Waals surface area (Å²) in [4.78, 5) is 21.3. The molecular weight excluding hydrogens is 159 g/mol. The molecule has 0 saturated heterocycles. The fourth-order valence-electron chi connectivity index (χ4n) is 0.435. The maximum atomic E-state index is 10.7. The topological polar surface area (TPSA) is 61.8 Å². The Balaban J connectivity index is 0. The fraction of sp³-hybridized carbons (Fsp3) is 0.500. The van der Waals surface area contributed by atoms with E-state index in [0.29, 0.717) is 0 Å². The quantitative estimate of drug-likeness (QED) is 0.189. The second-order valence-electron chi connectivity index (χ2n) is 1.52. The van der Waals surface area contributed by atoms with E-state index < -0.39 is 18.0 Å². The molecule has 0 atom stereocenters. The van der Waals surface area contributed by atoms with Crippen LogP contribution in [0.2, 0.25) is 0 Å². The summed E-state index contributed by atoms with van der Waals surface area (Å²) >= 11 is 0. The third-order valence-corrected chi connectivity index (χ3v) is 0.946. The van der Waals surface area contributed by atoms with Crippen molar-refractivity contribution < 1.29 is 42.7 Å². The molecule has 0 heterocycles. The van der Waals surface area contributed by atoms with Crippen molar-refractivity contribution in [3.05, 3.63) is 6.10 Å². The van der Waals surface area contributed by atoms with E-state index in [9.17, 15) is 9.59 Å². The molecule has 64 valence electrons. The van der Waals surface area contributed by atoms with Gasteiger partial charge in [0.2, 0.25) is 11.9 Å². The Morgan fingerprint density at radius 2 is 1.33 bits per heavy atom. The summed E-state index contributed by atoms with van der Waals surface area (Å²) in [6.45, 7) is 0. The Bertz CT molecular complexity index is 142. The SMILES string of the molecule is COC(=O)[C-](OC)C(=O)OC.[Li+]. The Kier molecular flexibility index (Phi) is 8.17. The van der Waals surface area contributed by atoms with Gasteiger partial charge in [-0.1, -0.05) is 6.10 Å². The van der Waals surface area contributed by atoms with Gasteiger partial charge in [0.25, 0.3) is 0 Å². The molecule has 0 aliphatic carbocycles. The van der Waals surface area contributed by atoms with Gasteiger partial charge in [0.05, 0.1) is 14.2 Å². The van der Waals surface area contributed by atoms with Crippen molar-refractivity contribution in [2.45, 2.75) is 0 Å². The molecule has 6 heteroatoms. The zero-order valence-electron chi connectivity index (χ0n) is 7.54. The number of carbonyl (C=O) groups is 2. The number of esters is 2. The van der Waals surface area contributed by atoms with E-state index in [1.807, 2.05) is 0 Å². The van der Waals surface area contributed by atoms with E-state index in [2.05, 4.69) is 14.2 Å². The van der Waals surface area contributed by atoms with Crippen molar-refractivity contribution in [1.82, 2.24) is 0 Å². The van der Waals surface area contributed by atoms with Crippen molar-refractivity contribution in [3.8, 4) is 0 Å². The predicted octanol–water partition coefficient (Wildman–Crippen LogP) is -3.49. The number of ether oxygens (including phenoxy) is 3. The Labute approximate surface area is 82.5 Å². The Morgan fingerprint density at radius 1 is 1.00 bits per heavy atom. The van der Waals surface area contributed by atoms with Gasteiger partial charge in [0.1, 0.15) is 0 Å². The van der Waals surface area contributed by atoms with E-state index in [1.54, 1.807) is 0 Å². The van der Waals surface area contributed by atoms with E-state index in [0.717, 1.165) is 14.2 Å². The molecular formula is C6H9LiO5. The first-order valence-electron chi connectivity index (χ1n) is 2.75. The van der Waals surface area contributed by atoms with Crippen molar-refractivity contribution in [3.63, 3.8) is 0 Å². The van der Waals surface area contributed by atoms with Crippen LogP contribution in [0.4, 0.5) is 0 Å². The predicted molar refractivity (Wildman–Crippen MR) is 34.3 cm³/mol. The first-order valence-corrected chi connectivity index (χ1v) is 2.75. The van der Waals surface area contributed by atoms with Gasteiger partial charge in [0, 0.05) is 7.11 Å². The molecule has 0 aromatic carbocycles. The van der Waals surface area contributed by atoms with Crippen LogP contribution in [0.15, 0.2) is 0 Å². The van der Waals surface area contributed by atoms with Crippen LogP contribution >= 0.6 is 0 Å². The second kappa shape index (κ2) is 7.04. The summed E-state index contributed by atoms with van der Waals surface area (Å²) in [6, 6.07) is 0. The standard InChI is InChI=1S/C6H9O5.Li/c1-9-4(5(7)10-2)6(8)11-3;/h1-3H3;/q-1;+1. The molecule has 0 aromatic rings. The summed E-state index contributed by atoms with van der Waals surface area (Å²) in [6.07, 6.45) is -0.463. The molecule has 0 N–H and O–H groups in total. The number of carbonyl (C=O) groups excluding carboxylic acids is 2. The molecule has 0 aromatic heterocycles. The smallest absolute Gasteiger partial charge is 0.512 e. The van der Waals surface area contributed by atoms with Gasteiger partial charge in [-0.25, -0.2) is 0 Å². The normalized spacial score (nSPS) is 7.92. The molecule has 5 nitrogen and oxygen atoms in total. The maximum Gasteiger partial charge on any atom is 1.00 e. The molecule has 0 bridgehead atoms. The first kappa shape index (κ1) is 13.9. The van der Waals surface area contributed by atoms with Crippen LogP contribution in [0.1, 0.15) is 0 Å². The van der Waals surface area contributed by atoms with Gasteiger partial charge in [-0.05, 0) is 0 Å². The van der Waals surface area contributed by atoms with E-state index >= 15 is 0 Å². The molecule has 0 aliphatic rings. The number of hydrogen-bond donors (Lipinski definition) is 0. The minimum absolute atomic E-state index is 0. The van der Waals surface area contributed by atoms with Gasteiger partial charge >= 0.3 is 18.9 Å². The Morgan fingerprint density at radius 3 is 1.50 bits per heavy atom. The molecule has 0 saturated carbocycles. The van der Waals surface area contributed by atoms with Crippen LogP contribution in [-0.4, -0.2) is 33.3 Å². The van der Waals surface area contributed by atoms with Gasteiger partial charge < -0.3 is 14.2 Å². The van der Waals surface area contributed by atoms with Crippen LogP contribution in [0.5, 0.6) is 0 Å². The summed E-state index contributed by atoms with van der Waals surface area (Å²) < 4.78 is 12.9. The van der Waals surface area contributed by atoms with Crippen LogP contribution in [0.3, 0.4) is 0 Å². The minimum Gasteiger partial charge on any atom is -0.512 e. The second-order valence-corrected chi connectivity index (χ2v) is 1.52. The zero-order chi connectivity index (χ0) is 8.85. The van der Waals surface area contributed by atoms with Crippen LogP contribution in [-0.2, 0) is 23.8 Å². The van der Waals surface area contributed by atoms with E-state index in [4.69, 9.17) is 0 Å². The summed E-state index contributed by atoms with van der Waals surface area (Å²) in [5.74, 6) is -1.70. The monoisotopic (exact) mass is 168 g/mol. The van der Waals surface area contributed by atoms with Crippen molar-refractivity contribution in [1.29, 1.82) is 0 Å². The third kappa shape index (κ3) is 3.67. The molecule has 0 rings (SSSR count). The van der Waals surface area contributed by atoms with Crippen molar-refractivity contribution in [2.24, 2.45) is 0 Å². The third-order valence-electron chi connectivity index (χ3n) is 0.946. The van der Waals surface area contributed by atoms with Crippen molar-refractivity contribution >= 4 is 11.9 Å². The van der Waals surface area contributed by atoms with Crippen LogP contribution in [0, 0.1) is 6.10 Å². The van der Waals surface area contributed by atoms with Crippen molar-refractivity contribution in [2.75, 3.05) is 21.3 Å². The first-order chi connectivity index (χ1) is 5.17. The number of methoxy groups -OCH3 is 3. The molecule has 0 aliphatic heterocycles. The summed E-state index contributed by atoms with van der Waals surface area (Å²) in [5.41, 5.74) is 0. The molecule has 12 heavy (non-hydrogen) atoms. The molecule has 0 unspecified atom stereocenters. The largest absolute Gasteiger partial charge is 1.00 e. The molecule has 0 fully saturated rings. The molecule has 0 spiro atoms. The van der Waals surface area contributed by atoms with Gasteiger partial charge in [-0.15, -0.1) is 0 Å². The summed E-state index contributed by atoms with van der Waals surface area (Å²) in [7, 11) is 3.47. The number of rotatable bonds is 3. The fourth-order valence-corrected chi connectivity index (χ4v) is 0.435. The molecule has 0 radical (unpaired) electrons. The minimum atomic E-state index is -0.848. The van der Waals surface area contributed by atoms with Gasteiger partial charge in [-0.3, -0.25) is 9.59 Å². The van der Waals surface area contributed by atoms with Crippen LogP contribution < -0.4 is 18.9 Å². The zero-order valence-corrected chi connectivity index (χ0v) is 7.54. The van der Waals surface area contributed by atoms with Crippen LogP contribution in [0.25, 0.3) is 0 Å². The Hall–Kier alpha value is -0.633. The average molecular weight is 168 g/mol. The van der Waals surface area contributed by atoms with Gasteiger partial charge in [-0.2, -0.15) is 0 Å². The van der Waals surface area contributed by atoms with E-state index in [-0.39, 0.29) is 18.9 Å². The molecule has 0 amide bonds. The van der Waals surface area contributed by atoms with E-state index in [1.165, 1.54) is 7.11 Å².